The third-order valence-electron chi connectivity index (χ3n) is 4.10. The molecule has 0 fully saturated rings. The van der Waals surface area contributed by atoms with Gasteiger partial charge in [0.1, 0.15) is 13.2 Å². The second kappa shape index (κ2) is 10.6. The highest BCUT2D eigenvalue weighted by molar-refractivity contribution is 5.78. The lowest BCUT2D eigenvalue weighted by atomic mass is 9.95. The number of likely N-dealkylation sites (N-methyl/N-ethyl adjacent to an activating group) is 1. The zero-order chi connectivity index (χ0) is 15.7. The fourth-order valence-corrected chi connectivity index (χ4v) is 2.36. The van der Waals surface area contributed by atoms with Crippen LogP contribution >= 0.6 is 0 Å². The minimum absolute atomic E-state index is 0. The molecule has 0 aromatic heterocycles. The number of ether oxygens (including phenoxy) is 1. The zero-order valence-electron chi connectivity index (χ0n) is 13.9. The molecule has 0 radical (unpaired) electrons. The van der Waals surface area contributed by atoms with Crippen LogP contribution in [0.1, 0.15) is 45.1 Å². The van der Waals surface area contributed by atoms with Gasteiger partial charge in [0.05, 0.1) is 19.0 Å². The van der Waals surface area contributed by atoms with Crippen LogP contribution in [-0.4, -0.2) is 36.8 Å². The standard InChI is InChI=1S/C17H29N2O2.ClH/c1-4-10-16(15-11-8-7-9-12-15)17(20)21-14-13-19(18,5-2)6-3;/h7-9,11-12,16H,4-6,10,13-14,18H2,1-3H3;1H/q+1;/p-1. The van der Waals surface area contributed by atoms with E-state index in [-0.39, 0.29) is 24.3 Å². The van der Waals surface area contributed by atoms with Crippen molar-refractivity contribution in [1.82, 2.24) is 0 Å². The van der Waals surface area contributed by atoms with Crippen LogP contribution in [0.5, 0.6) is 0 Å². The first-order chi connectivity index (χ1) is 10.1. The van der Waals surface area contributed by atoms with Gasteiger partial charge in [0.2, 0.25) is 0 Å². The summed E-state index contributed by atoms with van der Waals surface area (Å²) >= 11 is 0. The molecular weight excluding hydrogens is 300 g/mol. The van der Waals surface area contributed by atoms with E-state index in [2.05, 4.69) is 20.8 Å². The first kappa shape index (κ1) is 20.9. The summed E-state index contributed by atoms with van der Waals surface area (Å²) in [6.07, 6.45) is 1.77. The molecule has 4 nitrogen and oxygen atoms in total. The van der Waals surface area contributed by atoms with E-state index in [1.165, 1.54) is 0 Å². The van der Waals surface area contributed by atoms with E-state index in [1.54, 1.807) is 0 Å². The highest BCUT2D eigenvalue weighted by atomic mass is 35.5. The van der Waals surface area contributed by atoms with E-state index < -0.39 is 0 Å². The molecule has 1 unspecified atom stereocenters. The average molecular weight is 329 g/mol. The summed E-state index contributed by atoms with van der Waals surface area (Å²) in [5, 5.41) is 0. The monoisotopic (exact) mass is 328 g/mol. The maximum Gasteiger partial charge on any atom is 0.313 e. The molecule has 0 aliphatic carbocycles. The number of nitrogens with zero attached hydrogens (tertiary/aromatic N) is 1. The van der Waals surface area contributed by atoms with Gasteiger partial charge in [-0.05, 0) is 25.8 Å². The van der Waals surface area contributed by atoms with Crippen molar-refractivity contribution in [1.29, 1.82) is 0 Å². The van der Waals surface area contributed by atoms with Gasteiger partial charge in [-0.1, -0.05) is 43.7 Å². The number of hydrogen-bond donors (Lipinski definition) is 1. The number of rotatable bonds is 9. The van der Waals surface area contributed by atoms with Crippen molar-refractivity contribution in [3.8, 4) is 0 Å². The predicted molar refractivity (Wildman–Crippen MR) is 85.4 cm³/mol. The van der Waals surface area contributed by atoms with Gasteiger partial charge in [0.25, 0.3) is 0 Å². The highest BCUT2D eigenvalue weighted by Gasteiger charge is 2.23. The van der Waals surface area contributed by atoms with E-state index in [0.717, 1.165) is 31.5 Å². The van der Waals surface area contributed by atoms with Crippen molar-refractivity contribution >= 4 is 5.97 Å². The number of carbonyl (C=O) groups excluding carboxylic acids is 1. The number of esters is 1. The molecular formula is C17H29ClN2O2. The average Bonchev–Trinajstić information content (AvgIpc) is 2.53. The van der Waals surface area contributed by atoms with Crippen molar-refractivity contribution in [2.24, 2.45) is 5.84 Å². The van der Waals surface area contributed by atoms with Crippen LogP contribution in [-0.2, 0) is 9.53 Å². The number of benzene rings is 1. The van der Waals surface area contributed by atoms with Crippen molar-refractivity contribution in [2.45, 2.75) is 39.5 Å². The lowest BCUT2D eigenvalue weighted by Gasteiger charge is -2.30. The number of nitrogens with two attached hydrogens (primary N) is 1. The summed E-state index contributed by atoms with van der Waals surface area (Å²) in [6, 6.07) is 9.86. The molecule has 0 spiro atoms. The maximum absolute atomic E-state index is 12.3. The number of carbonyl (C=O) groups is 1. The van der Waals surface area contributed by atoms with Gasteiger partial charge in [-0.25, -0.2) is 4.59 Å². The summed E-state index contributed by atoms with van der Waals surface area (Å²) in [7, 11) is 0. The van der Waals surface area contributed by atoms with Crippen LogP contribution in [0.4, 0.5) is 0 Å². The summed E-state index contributed by atoms with van der Waals surface area (Å²) < 4.78 is 5.92. The Morgan fingerprint density at radius 1 is 1.18 bits per heavy atom. The molecule has 1 aromatic rings. The molecule has 22 heavy (non-hydrogen) atoms. The molecule has 2 N–H and O–H groups in total. The van der Waals surface area contributed by atoms with Gasteiger partial charge in [-0.3, -0.25) is 4.79 Å². The van der Waals surface area contributed by atoms with Crippen molar-refractivity contribution in [3.63, 3.8) is 0 Å². The Bertz CT molecular complexity index is 422. The number of quaternary nitrogens is 1. The van der Waals surface area contributed by atoms with Crippen LogP contribution in [0.25, 0.3) is 0 Å². The lowest BCUT2D eigenvalue weighted by molar-refractivity contribution is -0.936. The molecule has 0 bridgehead atoms. The topological polar surface area (TPSA) is 52.3 Å². The maximum atomic E-state index is 12.3. The van der Waals surface area contributed by atoms with Crippen molar-refractivity contribution in [2.75, 3.05) is 26.2 Å². The Hall–Kier alpha value is -1.10. The van der Waals surface area contributed by atoms with Gasteiger partial charge in [-0.2, -0.15) is 5.84 Å². The molecule has 5 heteroatoms. The third kappa shape index (κ3) is 6.34. The Kier molecular flexibility index (Phi) is 10.1. The Balaban J connectivity index is 0.00000441. The molecule has 0 amide bonds. The molecule has 0 saturated carbocycles. The van der Waals surface area contributed by atoms with E-state index in [9.17, 15) is 4.79 Å². The van der Waals surface area contributed by atoms with E-state index in [1.807, 2.05) is 30.3 Å². The minimum atomic E-state index is -0.167. The van der Waals surface area contributed by atoms with Gasteiger partial charge in [0.15, 0.2) is 0 Å². The lowest BCUT2D eigenvalue weighted by Crippen LogP contribution is -3.00. The van der Waals surface area contributed by atoms with Gasteiger partial charge in [0, 0.05) is 0 Å². The summed E-state index contributed by atoms with van der Waals surface area (Å²) in [5.41, 5.74) is 1.03. The molecule has 0 heterocycles. The largest absolute Gasteiger partial charge is 1.00 e. The molecule has 0 saturated heterocycles. The minimum Gasteiger partial charge on any atom is -1.00 e. The summed E-state index contributed by atoms with van der Waals surface area (Å²) in [4.78, 5) is 12.3. The fourth-order valence-electron chi connectivity index (χ4n) is 2.36. The van der Waals surface area contributed by atoms with E-state index >= 15 is 0 Å². The Morgan fingerprint density at radius 3 is 2.27 bits per heavy atom. The van der Waals surface area contributed by atoms with Gasteiger partial charge < -0.3 is 17.1 Å². The van der Waals surface area contributed by atoms with Crippen LogP contribution in [0.2, 0.25) is 0 Å². The quantitative estimate of drug-likeness (QED) is 0.297. The van der Waals surface area contributed by atoms with Crippen LogP contribution in [0.3, 0.4) is 0 Å². The van der Waals surface area contributed by atoms with Crippen LogP contribution < -0.4 is 18.2 Å². The first-order valence-electron chi connectivity index (χ1n) is 7.92. The van der Waals surface area contributed by atoms with Crippen LogP contribution in [0.15, 0.2) is 30.3 Å². The Labute approximate surface area is 140 Å². The Morgan fingerprint density at radius 2 is 1.77 bits per heavy atom. The first-order valence-corrected chi connectivity index (χ1v) is 7.92. The van der Waals surface area contributed by atoms with Crippen molar-refractivity contribution < 1.29 is 26.5 Å². The second-order valence-corrected chi connectivity index (χ2v) is 5.49. The number of hydrogen-bond acceptors (Lipinski definition) is 3. The third-order valence-corrected chi connectivity index (χ3v) is 4.10. The summed E-state index contributed by atoms with van der Waals surface area (Å²) in [6.45, 7) is 8.90. The molecule has 1 rings (SSSR count). The molecule has 0 aliphatic rings. The molecule has 1 aromatic carbocycles. The highest BCUT2D eigenvalue weighted by Crippen LogP contribution is 2.22. The molecule has 1 atom stereocenters. The molecule has 0 aliphatic heterocycles. The SMILES string of the molecule is CCCC(C(=O)OCC[N+](N)(CC)CC)c1ccccc1.[Cl-]. The van der Waals surface area contributed by atoms with Crippen molar-refractivity contribution in [3.05, 3.63) is 35.9 Å². The normalized spacial score (nSPS) is 12.4. The van der Waals surface area contributed by atoms with Gasteiger partial charge in [-0.15, -0.1) is 0 Å². The van der Waals surface area contributed by atoms with E-state index in [0.29, 0.717) is 17.7 Å². The molecule has 126 valence electrons. The smallest absolute Gasteiger partial charge is 0.313 e. The predicted octanol–water partition coefficient (Wildman–Crippen LogP) is -0.152. The second-order valence-electron chi connectivity index (χ2n) is 5.49. The van der Waals surface area contributed by atoms with Gasteiger partial charge >= 0.3 is 5.97 Å². The van der Waals surface area contributed by atoms with E-state index in [4.69, 9.17) is 10.6 Å². The van der Waals surface area contributed by atoms with Crippen LogP contribution in [0, 0.1) is 0 Å². The number of halogens is 1. The zero-order valence-corrected chi connectivity index (χ0v) is 14.7. The summed E-state index contributed by atoms with van der Waals surface area (Å²) in [5.74, 6) is 5.87. The fraction of sp³-hybridized carbons (Fsp3) is 0.588.